The van der Waals surface area contributed by atoms with Gasteiger partial charge < -0.3 is 46.4 Å². The quantitative estimate of drug-likeness (QED) is 0.0331. The molecule has 0 atom stereocenters. The van der Waals surface area contributed by atoms with E-state index in [9.17, 15) is 33.1 Å². The fourth-order valence-corrected chi connectivity index (χ4v) is 8.01. The number of rotatable bonds is 19. The number of nitrogens with one attached hydrogen (secondary N) is 4. The third-order valence-electron chi connectivity index (χ3n) is 12.0. The first kappa shape index (κ1) is 52.7. The number of pyridine rings is 3. The highest BCUT2D eigenvalue weighted by molar-refractivity contribution is 6.01. The Balaban J connectivity index is 0.000000231. The first-order valence-electron chi connectivity index (χ1n) is 23.6. The summed E-state index contributed by atoms with van der Waals surface area (Å²) in [4.78, 5) is 59.6. The number of phenolic OH excluding ortho intramolecular Hbond substituents is 1. The van der Waals surface area contributed by atoms with E-state index in [2.05, 4.69) is 47.6 Å². The predicted octanol–water partition coefficient (Wildman–Crippen LogP) is 8.83. The van der Waals surface area contributed by atoms with Gasteiger partial charge in [-0.25, -0.2) is 9.97 Å². The summed E-state index contributed by atoms with van der Waals surface area (Å²) < 4.78 is 36.0. The van der Waals surface area contributed by atoms with E-state index in [1.165, 1.54) is 12.1 Å². The van der Waals surface area contributed by atoms with Crippen molar-refractivity contribution >= 4 is 36.0 Å². The summed E-state index contributed by atoms with van der Waals surface area (Å²) in [5, 5.41) is 21.4. The Morgan fingerprint density at radius 2 is 1.52 bits per heavy atom. The van der Waals surface area contributed by atoms with Gasteiger partial charge in [-0.1, -0.05) is 62.2 Å². The summed E-state index contributed by atoms with van der Waals surface area (Å²) in [5.41, 5.74) is 13.7. The maximum Gasteiger partial charge on any atom is 0.586 e. The Hall–Kier alpha value is -7.63. The standard InChI is InChI=1S/C31H34F2N4O4.C19H17N3O2.C4H9NO/c1-20-10-13-26(37-29(39)30(14-15-30)23-11-12-24-25(19-23)41-31(32,33)40-24)36-27(20)21-8-7-9-22(18-21)28(38)35-17-6-4-3-5-16-34-2;1-2-16-17(13-3-6-14(11-23)21-9-13)10-22-19(20)18(16)12-4-7-15(24)8-5-12;1-5-3-2-4-6/h7-13,18-19,34H,3-6,14-17H2,1-2H3,(H,35,38)(H,36,37,39);3-11,24H,2H2,1H3,(H2,20,22);4-5H,2-3H2,1H3. The van der Waals surface area contributed by atoms with Crippen LogP contribution in [0.15, 0.2) is 103 Å². The molecule has 6 aromatic rings. The number of aromatic hydroxyl groups is 1. The summed E-state index contributed by atoms with van der Waals surface area (Å²) in [5.74, 6) is 0.451. The third kappa shape index (κ3) is 13.8. The average Bonchev–Trinajstić information content (AvgIpc) is 4.13. The number of hydrogen-bond acceptors (Lipinski definition) is 13. The lowest BCUT2D eigenvalue weighted by molar-refractivity contribution is -0.286. The van der Waals surface area contributed by atoms with Gasteiger partial charge in [-0.15, -0.1) is 8.78 Å². The van der Waals surface area contributed by atoms with Crippen LogP contribution in [0.1, 0.15) is 89.4 Å². The number of ether oxygens (including phenoxy) is 2. The molecule has 1 saturated carbocycles. The summed E-state index contributed by atoms with van der Waals surface area (Å²) in [6.45, 7) is 6.38. The Labute approximate surface area is 412 Å². The zero-order valence-electron chi connectivity index (χ0n) is 40.3. The van der Waals surface area contributed by atoms with Gasteiger partial charge in [0.25, 0.3) is 5.91 Å². The largest absolute Gasteiger partial charge is 0.586 e. The van der Waals surface area contributed by atoms with E-state index in [0.717, 1.165) is 90.4 Å². The Morgan fingerprint density at radius 1 is 0.803 bits per heavy atom. The molecule has 0 bridgehead atoms. The second-order valence-corrected chi connectivity index (χ2v) is 17.0. The maximum atomic E-state index is 13.5. The van der Waals surface area contributed by atoms with Crippen LogP contribution >= 0.6 is 0 Å². The van der Waals surface area contributed by atoms with E-state index in [1.807, 2.05) is 57.4 Å². The summed E-state index contributed by atoms with van der Waals surface area (Å²) in [7, 11) is 3.77. The number of aldehydes is 2. The van der Waals surface area contributed by atoms with Crippen molar-refractivity contribution in [3.8, 4) is 50.8 Å². The zero-order valence-corrected chi connectivity index (χ0v) is 40.3. The van der Waals surface area contributed by atoms with E-state index in [-0.39, 0.29) is 29.1 Å². The van der Waals surface area contributed by atoms with Crippen LogP contribution in [0.3, 0.4) is 0 Å². The van der Waals surface area contributed by atoms with Crippen LogP contribution in [0.25, 0.3) is 33.5 Å². The molecule has 0 radical (unpaired) electrons. The minimum absolute atomic E-state index is 0.0594. The number of nitrogens with two attached hydrogens (primary N) is 1. The number of carbonyl (C=O) groups is 4. The monoisotopic (exact) mass is 970 g/mol. The second kappa shape index (κ2) is 24.8. The van der Waals surface area contributed by atoms with Crippen LogP contribution in [0.5, 0.6) is 17.2 Å². The normalized spacial score (nSPS) is 13.4. The number of halogens is 2. The molecule has 1 aliphatic heterocycles. The lowest BCUT2D eigenvalue weighted by Gasteiger charge is -2.17. The number of benzene rings is 3. The minimum Gasteiger partial charge on any atom is -0.508 e. The number of aromatic nitrogens is 3. The molecule has 372 valence electrons. The van der Waals surface area contributed by atoms with Crippen LogP contribution < -0.4 is 36.5 Å². The smallest absolute Gasteiger partial charge is 0.508 e. The van der Waals surface area contributed by atoms with Crippen molar-refractivity contribution < 1.29 is 42.5 Å². The van der Waals surface area contributed by atoms with Crippen LogP contribution in [0.4, 0.5) is 20.4 Å². The molecule has 15 nitrogen and oxygen atoms in total. The molecule has 3 aromatic carbocycles. The van der Waals surface area contributed by atoms with Gasteiger partial charge in [0.2, 0.25) is 5.91 Å². The fourth-order valence-electron chi connectivity index (χ4n) is 8.01. The Kier molecular flexibility index (Phi) is 18.4. The molecule has 71 heavy (non-hydrogen) atoms. The average molecular weight is 971 g/mol. The topological polar surface area (TPSA) is 220 Å². The highest BCUT2D eigenvalue weighted by Gasteiger charge is 2.53. The molecular formula is C54H60F2N8O7. The van der Waals surface area contributed by atoms with Gasteiger partial charge in [0.05, 0.1) is 11.1 Å². The highest BCUT2D eigenvalue weighted by atomic mass is 19.3. The first-order valence-corrected chi connectivity index (χ1v) is 23.6. The number of nitrogens with zero attached hydrogens (tertiary/aromatic N) is 3. The number of carbonyl (C=O) groups excluding carboxylic acids is 4. The number of nitrogen functional groups attached to an aromatic ring is 1. The van der Waals surface area contributed by atoms with E-state index in [0.29, 0.717) is 66.2 Å². The van der Waals surface area contributed by atoms with E-state index in [4.69, 9.17) is 10.7 Å². The summed E-state index contributed by atoms with van der Waals surface area (Å²) >= 11 is 0. The summed E-state index contributed by atoms with van der Waals surface area (Å²) in [6, 6.07) is 25.7. The molecule has 2 aliphatic rings. The fraction of sp³-hybridized carbons (Fsp3) is 0.315. The molecule has 3 aromatic heterocycles. The van der Waals surface area contributed by atoms with Gasteiger partial charge in [0.15, 0.2) is 17.8 Å². The van der Waals surface area contributed by atoms with Crippen LogP contribution in [0.2, 0.25) is 0 Å². The van der Waals surface area contributed by atoms with Crippen LogP contribution in [0, 0.1) is 6.92 Å². The van der Waals surface area contributed by atoms with Gasteiger partial charge in [0, 0.05) is 59.7 Å². The van der Waals surface area contributed by atoms with E-state index in [1.54, 1.807) is 54.9 Å². The van der Waals surface area contributed by atoms with Gasteiger partial charge in [-0.05, 0) is 130 Å². The zero-order chi connectivity index (χ0) is 51.0. The molecular weight excluding hydrogens is 911 g/mol. The third-order valence-corrected chi connectivity index (χ3v) is 12.0. The number of phenols is 1. The van der Waals surface area contributed by atoms with Crippen molar-refractivity contribution in [2.24, 2.45) is 0 Å². The van der Waals surface area contributed by atoms with Crippen molar-refractivity contribution in [2.45, 2.75) is 76.9 Å². The Morgan fingerprint density at radius 3 is 2.17 bits per heavy atom. The van der Waals surface area contributed by atoms with Gasteiger partial charge in [0.1, 0.15) is 29.4 Å². The molecule has 1 fully saturated rings. The molecule has 17 heteroatoms. The number of aryl methyl sites for hydroxylation is 1. The number of fused-ring (bicyclic) bond motifs is 1. The molecule has 8 rings (SSSR count). The maximum absolute atomic E-state index is 13.5. The highest BCUT2D eigenvalue weighted by Crippen LogP contribution is 2.52. The lowest BCUT2D eigenvalue weighted by atomic mass is 9.92. The van der Waals surface area contributed by atoms with Crippen LogP contribution in [-0.2, 0) is 21.4 Å². The number of alkyl halides is 2. The number of hydrogen-bond donors (Lipinski definition) is 6. The molecule has 2 amide bonds. The summed E-state index contributed by atoms with van der Waals surface area (Å²) in [6.07, 6.45) is 8.06. The number of anilines is 2. The predicted molar refractivity (Wildman–Crippen MR) is 270 cm³/mol. The van der Waals surface area contributed by atoms with Gasteiger partial charge in [-0.3, -0.25) is 19.4 Å². The van der Waals surface area contributed by atoms with E-state index >= 15 is 0 Å². The number of amides is 2. The molecule has 7 N–H and O–H groups in total. The minimum atomic E-state index is -3.72. The molecule has 1 aliphatic carbocycles. The lowest BCUT2D eigenvalue weighted by Crippen LogP contribution is -2.28. The number of unbranched alkanes of at least 4 members (excludes halogenated alkanes) is 3. The SMILES string of the molecule is CCc1c(-c2ccc(C=O)nc2)cnc(N)c1-c1ccc(O)cc1.CNCCC=O.CNCCCCCCNC(=O)c1cccc(-c2nc(NC(=O)C3(c4ccc5c(c4)OC(F)(F)O5)CC3)ccc2C)c1. The Bertz CT molecular complexity index is 2790. The second-order valence-electron chi connectivity index (χ2n) is 17.0. The van der Waals surface area contributed by atoms with Crippen molar-refractivity contribution in [3.05, 3.63) is 131 Å². The van der Waals surface area contributed by atoms with Crippen molar-refractivity contribution in [2.75, 3.05) is 44.8 Å². The van der Waals surface area contributed by atoms with Crippen molar-refractivity contribution in [3.63, 3.8) is 0 Å². The molecule has 0 saturated heterocycles. The van der Waals surface area contributed by atoms with E-state index < -0.39 is 11.7 Å². The molecule has 0 spiro atoms. The molecule has 4 heterocycles. The van der Waals surface area contributed by atoms with Crippen molar-refractivity contribution in [1.82, 2.24) is 30.9 Å². The van der Waals surface area contributed by atoms with Crippen LogP contribution in [-0.4, -0.2) is 84.5 Å². The molecule has 0 unspecified atom stereocenters. The van der Waals surface area contributed by atoms with Crippen molar-refractivity contribution in [1.29, 1.82) is 0 Å². The van der Waals surface area contributed by atoms with Gasteiger partial charge in [-0.2, -0.15) is 0 Å². The first-order chi connectivity index (χ1) is 34.3. The van der Waals surface area contributed by atoms with Gasteiger partial charge >= 0.3 is 6.29 Å².